The minimum Gasteiger partial charge on any atom is -0.349 e. The first-order valence-corrected chi connectivity index (χ1v) is 7.92. The van der Waals surface area contributed by atoms with Gasteiger partial charge in [0.25, 0.3) is 0 Å². The molecule has 0 saturated heterocycles. The molecule has 1 aliphatic rings. The number of carbonyl (C=O) groups excluding carboxylic acids is 1. The van der Waals surface area contributed by atoms with E-state index in [-0.39, 0.29) is 17.9 Å². The van der Waals surface area contributed by atoms with Crippen molar-refractivity contribution in [2.45, 2.75) is 46.1 Å². The molecule has 0 bridgehead atoms. The molecular formula is C15H24N2OS. The third kappa shape index (κ3) is 3.18. The Hall–Kier alpha value is -0.870. The topological polar surface area (TPSA) is 55.1 Å². The zero-order chi connectivity index (χ0) is 14.0. The summed E-state index contributed by atoms with van der Waals surface area (Å²) < 4.78 is 0. The van der Waals surface area contributed by atoms with Crippen LogP contribution in [0.1, 0.15) is 47.5 Å². The van der Waals surface area contributed by atoms with Crippen LogP contribution in [-0.4, -0.2) is 12.5 Å². The molecule has 1 heterocycles. The van der Waals surface area contributed by atoms with E-state index in [1.54, 1.807) is 11.3 Å². The van der Waals surface area contributed by atoms with Crippen molar-refractivity contribution in [1.82, 2.24) is 5.32 Å². The molecule has 0 radical (unpaired) electrons. The first-order valence-electron chi connectivity index (χ1n) is 7.10. The van der Waals surface area contributed by atoms with Gasteiger partial charge in [-0.05, 0) is 57.7 Å². The van der Waals surface area contributed by atoms with Gasteiger partial charge in [-0.15, -0.1) is 11.3 Å². The zero-order valence-electron chi connectivity index (χ0n) is 12.0. The van der Waals surface area contributed by atoms with Gasteiger partial charge in [-0.25, -0.2) is 0 Å². The molecule has 3 N–H and O–H groups in total. The standard InChI is InChI=1S/C15H24N2OS/c1-9-7-14(11(3)19-9)10(2)17-15(18)13-6-4-5-12(13)8-16/h7,10,12-13H,4-6,8,16H2,1-3H3,(H,17,18)/t10?,12-,13-/m1/s1. The Bertz CT molecular complexity index is 455. The summed E-state index contributed by atoms with van der Waals surface area (Å²) in [6, 6.07) is 2.27. The van der Waals surface area contributed by atoms with E-state index in [4.69, 9.17) is 5.73 Å². The van der Waals surface area contributed by atoms with Gasteiger partial charge in [0, 0.05) is 15.7 Å². The molecule has 2 rings (SSSR count). The van der Waals surface area contributed by atoms with Gasteiger partial charge in [0.2, 0.25) is 5.91 Å². The van der Waals surface area contributed by atoms with Gasteiger partial charge in [-0.3, -0.25) is 4.79 Å². The Kier molecular flexibility index (Phi) is 4.63. The van der Waals surface area contributed by atoms with Crippen LogP contribution in [0, 0.1) is 25.7 Å². The summed E-state index contributed by atoms with van der Waals surface area (Å²) in [6.45, 7) is 6.92. The van der Waals surface area contributed by atoms with E-state index in [2.05, 4.69) is 32.2 Å². The van der Waals surface area contributed by atoms with E-state index in [0.29, 0.717) is 12.5 Å². The van der Waals surface area contributed by atoms with Gasteiger partial charge in [0.1, 0.15) is 0 Å². The summed E-state index contributed by atoms with van der Waals surface area (Å²) >= 11 is 1.79. The lowest BCUT2D eigenvalue weighted by atomic mass is 9.95. The Morgan fingerprint density at radius 2 is 2.26 bits per heavy atom. The molecule has 3 nitrogen and oxygen atoms in total. The number of thiophene rings is 1. The molecule has 19 heavy (non-hydrogen) atoms. The molecule has 1 aliphatic carbocycles. The number of hydrogen-bond acceptors (Lipinski definition) is 3. The number of amides is 1. The van der Waals surface area contributed by atoms with Gasteiger partial charge < -0.3 is 11.1 Å². The molecule has 1 saturated carbocycles. The Balaban J connectivity index is 2.00. The van der Waals surface area contributed by atoms with Crippen LogP contribution in [-0.2, 0) is 4.79 Å². The molecule has 4 heteroatoms. The molecule has 1 unspecified atom stereocenters. The molecule has 0 aromatic carbocycles. The van der Waals surface area contributed by atoms with Crippen LogP contribution in [0.15, 0.2) is 6.07 Å². The highest BCUT2D eigenvalue weighted by atomic mass is 32.1. The summed E-state index contributed by atoms with van der Waals surface area (Å²) in [5.74, 6) is 0.675. The van der Waals surface area contributed by atoms with E-state index in [1.807, 2.05) is 0 Å². The number of carbonyl (C=O) groups is 1. The number of nitrogens with one attached hydrogen (secondary N) is 1. The van der Waals surface area contributed by atoms with Gasteiger partial charge in [-0.1, -0.05) is 6.42 Å². The quantitative estimate of drug-likeness (QED) is 0.891. The fourth-order valence-electron chi connectivity index (χ4n) is 3.14. The van der Waals surface area contributed by atoms with E-state index >= 15 is 0 Å². The normalized spacial score (nSPS) is 24.4. The number of hydrogen-bond donors (Lipinski definition) is 2. The summed E-state index contributed by atoms with van der Waals surface area (Å²) in [7, 11) is 0. The van der Waals surface area contributed by atoms with Gasteiger partial charge >= 0.3 is 0 Å². The first-order chi connectivity index (χ1) is 9.02. The minimum atomic E-state index is 0.0940. The predicted molar refractivity (Wildman–Crippen MR) is 80.2 cm³/mol. The minimum absolute atomic E-state index is 0.0940. The van der Waals surface area contributed by atoms with Crippen molar-refractivity contribution >= 4 is 17.2 Å². The van der Waals surface area contributed by atoms with Crippen molar-refractivity contribution in [3.05, 3.63) is 21.4 Å². The average molecular weight is 280 g/mol. The van der Waals surface area contributed by atoms with Crippen molar-refractivity contribution in [2.24, 2.45) is 17.6 Å². The predicted octanol–water partition coefficient (Wildman–Crippen LogP) is 2.92. The molecule has 1 aromatic heterocycles. The second-order valence-electron chi connectivity index (χ2n) is 5.63. The second-order valence-corrected chi connectivity index (χ2v) is 7.09. The second kappa shape index (κ2) is 6.06. The van der Waals surface area contributed by atoms with Crippen LogP contribution in [0.2, 0.25) is 0 Å². The van der Waals surface area contributed by atoms with E-state index in [0.717, 1.165) is 19.3 Å². The van der Waals surface area contributed by atoms with Crippen molar-refractivity contribution in [2.75, 3.05) is 6.54 Å². The van der Waals surface area contributed by atoms with Gasteiger partial charge in [0.05, 0.1) is 6.04 Å². The Morgan fingerprint density at radius 1 is 1.53 bits per heavy atom. The zero-order valence-corrected chi connectivity index (χ0v) is 12.8. The van der Waals surface area contributed by atoms with E-state index < -0.39 is 0 Å². The SMILES string of the molecule is Cc1cc(C(C)NC(=O)[C@@H]2CCC[C@@H]2CN)c(C)s1. The fourth-order valence-corrected chi connectivity index (χ4v) is 4.17. The molecule has 106 valence electrons. The Morgan fingerprint density at radius 3 is 2.84 bits per heavy atom. The lowest BCUT2D eigenvalue weighted by Gasteiger charge is -2.21. The summed E-state index contributed by atoms with van der Waals surface area (Å²) in [6.07, 6.45) is 3.21. The van der Waals surface area contributed by atoms with Gasteiger partial charge in [0.15, 0.2) is 0 Å². The maximum atomic E-state index is 12.4. The number of aryl methyl sites for hydroxylation is 2. The Labute approximate surface area is 119 Å². The fraction of sp³-hybridized carbons (Fsp3) is 0.667. The molecule has 3 atom stereocenters. The molecule has 1 amide bonds. The molecule has 1 aromatic rings. The van der Waals surface area contributed by atoms with E-state index in [1.165, 1.54) is 15.3 Å². The van der Waals surface area contributed by atoms with Crippen LogP contribution in [0.5, 0.6) is 0 Å². The van der Waals surface area contributed by atoms with Gasteiger partial charge in [-0.2, -0.15) is 0 Å². The maximum Gasteiger partial charge on any atom is 0.223 e. The third-order valence-corrected chi connectivity index (χ3v) is 5.18. The monoisotopic (exact) mass is 280 g/mol. The molecule has 0 spiro atoms. The summed E-state index contributed by atoms with van der Waals surface area (Å²) in [4.78, 5) is 15.0. The van der Waals surface area contributed by atoms with Crippen LogP contribution in [0.25, 0.3) is 0 Å². The smallest absolute Gasteiger partial charge is 0.223 e. The largest absolute Gasteiger partial charge is 0.349 e. The van der Waals surface area contributed by atoms with Crippen molar-refractivity contribution < 1.29 is 4.79 Å². The highest BCUT2D eigenvalue weighted by Crippen LogP contribution is 2.32. The van der Waals surface area contributed by atoms with Crippen molar-refractivity contribution in [1.29, 1.82) is 0 Å². The van der Waals surface area contributed by atoms with Crippen LogP contribution >= 0.6 is 11.3 Å². The summed E-state index contributed by atoms with van der Waals surface area (Å²) in [5.41, 5.74) is 7.00. The molecule has 0 aliphatic heterocycles. The third-order valence-electron chi connectivity index (χ3n) is 4.20. The van der Waals surface area contributed by atoms with E-state index in [9.17, 15) is 4.79 Å². The van der Waals surface area contributed by atoms with Crippen LogP contribution in [0.4, 0.5) is 0 Å². The van der Waals surface area contributed by atoms with Crippen molar-refractivity contribution in [3.8, 4) is 0 Å². The highest BCUT2D eigenvalue weighted by molar-refractivity contribution is 7.12. The average Bonchev–Trinajstić information content (AvgIpc) is 2.95. The number of nitrogens with two attached hydrogens (primary N) is 1. The molecular weight excluding hydrogens is 256 g/mol. The first kappa shape index (κ1) is 14.5. The summed E-state index contributed by atoms with van der Waals surface area (Å²) in [5, 5.41) is 3.17. The lowest BCUT2D eigenvalue weighted by molar-refractivity contribution is -0.126. The van der Waals surface area contributed by atoms with Crippen LogP contribution in [0.3, 0.4) is 0 Å². The van der Waals surface area contributed by atoms with Crippen LogP contribution < -0.4 is 11.1 Å². The maximum absolute atomic E-state index is 12.4. The van der Waals surface area contributed by atoms with Crippen molar-refractivity contribution in [3.63, 3.8) is 0 Å². The number of rotatable bonds is 4. The lowest BCUT2D eigenvalue weighted by Crippen LogP contribution is -2.36. The highest BCUT2D eigenvalue weighted by Gasteiger charge is 2.32. The molecule has 1 fully saturated rings.